The van der Waals surface area contributed by atoms with Crippen LogP contribution in [0.1, 0.15) is 37.3 Å². The Hall–Kier alpha value is -5.19. The van der Waals surface area contributed by atoms with Crippen LogP contribution in [0.5, 0.6) is 5.75 Å². The summed E-state index contributed by atoms with van der Waals surface area (Å²) in [7, 11) is 0. The molecule has 11 heteroatoms. The Bertz CT molecular complexity index is 1560. The molecule has 0 saturated carbocycles. The van der Waals surface area contributed by atoms with Crippen LogP contribution in [0.4, 0.5) is 11.4 Å². The minimum absolute atomic E-state index is 0.0245. The van der Waals surface area contributed by atoms with Gasteiger partial charge in [0.1, 0.15) is 18.9 Å². The first-order valence-corrected chi connectivity index (χ1v) is 15.0. The molecule has 2 aliphatic rings. The number of piperazine rings is 1. The molecule has 0 N–H and O–H groups in total. The summed E-state index contributed by atoms with van der Waals surface area (Å²) in [6.45, 7) is 5.82. The lowest BCUT2D eigenvalue weighted by atomic mass is 9.83. The lowest BCUT2D eigenvalue weighted by Gasteiger charge is -2.38. The number of nitro groups is 1. The number of benzene rings is 3. The monoisotopic (exact) mass is 612 g/mol. The molecular formula is C34H36N4O7. The molecule has 11 nitrogen and oxygen atoms in total. The van der Waals surface area contributed by atoms with Crippen molar-refractivity contribution in [3.8, 4) is 5.75 Å². The highest BCUT2D eigenvalue weighted by atomic mass is 16.6. The van der Waals surface area contributed by atoms with E-state index in [1.54, 1.807) is 30.9 Å². The summed E-state index contributed by atoms with van der Waals surface area (Å²) >= 11 is 0. The van der Waals surface area contributed by atoms with Crippen LogP contribution in [-0.4, -0.2) is 71.8 Å². The summed E-state index contributed by atoms with van der Waals surface area (Å²) < 4.78 is 11.3. The number of allylic oxidation sites excluding steroid dienone is 1. The molecule has 0 radical (unpaired) electrons. The van der Waals surface area contributed by atoms with Gasteiger partial charge in [0.05, 0.1) is 17.1 Å². The topological polar surface area (TPSA) is 123 Å². The Kier molecular flexibility index (Phi) is 9.76. The van der Waals surface area contributed by atoms with Gasteiger partial charge in [-0.1, -0.05) is 42.5 Å². The summed E-state index contributed by atoms with van der Waals surface area (Å²) in [6, 6.07) is 23.5. The van der Waals surface area contributed by atoms with Gasteiger partial charge in [-0.25, -0.2) is 4.79 Å². The number of nitrogens with zero attached hydrogens (tertiary/aromatic N) is 4. The Morgan fingerprint density at radius 1 is 0.933 bits per heavy atom. The first-order chi connectivity index (χ1) is 21.7. The van der Waals surface area contributed by atoms with Crippen LogP contribution in [0.3, 0.4) is 0 Å². The lowest BCUT2D eigenvalue weighted by molar-refractivity contribution is -0.384. The van der Waals surface area contributed by atoms with Crippen LogP contribution in [0.15, 0.2) is 90.1 Å². The van der Waals surface area contributed by atoms with Gasteiger partial charge in [0.25, 0.3) is 5.69 Å². The van der Waals surface area contributed by atoms with Crippen molar-refractivity contribution in [3.05, 3.63) is 111 Å². The van der Waals surface area contributed by atoms with E-state index in [9.17, 15) is 24.5 Å². The van der Waals surface area contributed by atoms with E-state index >= 15 is 0 Å². The standard InChI is InChI=1S/C34H36N4O7/c1-3-44-34(41)33-24(2)37(22-32(40)36-19-17-35(18-20-36)27-11-13-28(14-12-27)38(42)43)31(39)21-30(33)26-9-15-29(16-10-26)45-23-25-7-5-4-6-8-25/h4-16,30H,3,17-23H2,1-2H3. The predicted octanol–water partition coefficient (Wildman–Crippen LogP) is 4.68. The van der Waals surface area contributed by atoms with Crippen LogP contribution in [0, 0.1) is 10.1 Å². The van der Waals surface area contributed by atoms with E-state index in [2.05, 4.69) is 4.90 Å². The fraction of sp³-hybridized carbons (Fsp3) is 0.324. The van der Waals surface area contributed by atoms with Gasteiger partial charge < -0.3 is 24.2 Å². The maximum atomic E-state index is 13.5. The minimum atomic E-state index is -0.517. The Balaban J connectivity index is 1.26. The molecule has 0 aliphatic carbocycles. The highest BCUT2D eigenvalue weighted by molar-refractivity contribution is 5.97. The average molecular weight is 613 g/mol. The van der Waals surface area contributed by atoms with Gasteiger partial charge in [0.2, 0.25) is 11.8 Å². The van der Waals surface area contributed by atoms with E-state index in [0.717, 1.165) is 16.8 Å². The van der Waals surface area contributed by atoms with Crippen molar-refractivity contribution in [1.82, 2.24) is 9.80 Å². The Morgan fingerprint density at radius 2 is 1.60 bits per heavy atom. The van der Waals surface area contributed by atoms with Crippen LogP contribution in [0.2, 0.25) is 0 Å². The molecule has 0 bridgehead atoms. The number of hydrogen-bond acceptors (Lipinski definition) is 8. The van der Waals surface area contributed by atoms with E-state index in [-0.39, 0.29) is 37.1 Å². The van der Waals surface area contributed by atoms with Crippen molar-refractivity contribution in [1.29, 1.82) is 0 Å². The number of esters is 1. The second kappa shape index (κ2) is 14.1. The van der Waals surface area contributed by atoms with Crippen LogP contribution >= 0.6 is 0 Å². The molecule has 234 valence electrons. The number of nitro benzene ring substituents is 1. The smallest absolute Gasteiger partial charge is 0.336 e. The van der Waals surface area contributed by atoms with Gasteiger partial charge in [-0.15, -0.1) is 0 Å². The Morgan fingerprint density at radius 3 is 2.22 bits per heavy atom. The van der Waals surface area contributed by atoms with E-state index in [1.807, 2.05) is 54.6 Å². The summed E-state index contributed by atoms with van der Waals surface area (Å²) in [5.74, 6) is -0.813. The number of amides is 2. The number of anilines is 1. The van der Waals surface area contributed by atoms with Gasteiger partial charge >= 0.3 is 5.97 Å². The maximum absolute atomic E-state index is 13.5. The van der Waals surface area contributed by atoms with Crippen LogP contribution < -0.4 is 9.64 Å². The largest absolute Gasteiger partial charge is 0.489 e. The second-order valence-electron chi connectivity index (χ2n) is 10.9. The third-order valence-corrected chi connectivity index (χ3v) is 8.20. The van der Waals surface area contributed by atoms with Gasteiger partial charge in [0.15, 0.2) is 0 Å². The molecule has 3 aromatic carbocycles. The van der Waals surface area contributed by atoms with Crippen molar-refractivity contribution in [2.45, 2.75) is 32.8 Å². The zero-order chi connectivity index (χ0) is 31.9. The van der Waals surface area contributed by atoms with Crippen LogP contribution in [-0.2, 0) is 25.7 Å². The van der Waals surface area contributed by atoms with Gasteiger partial charge in [-0.05, 0) is 49.2 Å². The highest BCUT2D eigenvalue weighted by Crippen LogP contribution is 2.38. The molecule has 2 heterocycles. The first kappa shape index (κ1) is 31.2. The second-order valence-corrected chi connectivity index (χ2v) is 10.9. The molecule has 1 atom stereocenters. The summed E-state index contributed by atoms with van der Waals surface area (Å²) in [6.07, 6.45) is 0.0247. The lowest BCUT2D eigenvalue weighted by Crippen LogP contribution is -2.52. The third kappa shape index (κ3) is 7.31. The Labute approximate surface area is 261 Å². The number of non-ortho nitro benzene ring substituents is 1. The van der Waals surface area contributed by atoms with Gasteiger partial charge in [0, 0.05) is 62.0 Å². The molecule has 5 rings (SSSR count). The predicted molar refractivity (Wildman–Crippen MR) is 168 cm³/mol. The molecule has 3 aromatic rings. The van der Waals surface area contributed by atoms with Gasteiger partial charge in [-0.2, -0.15) is 0 Å². The van der Waals surface area contributed by atoms with Crippen molar-refractivity contribution < 1.29 is 28.8 Å². The van der Waals surface area contributed by atoms with Crippen molar-refractivity contribution in [2.75, 3.05) is 44.2 Å². The average Bonchev–Trinajstić information content (AvgIpc) is 3.06. The molecule has 45 heavy (non-hydrogen) atoms. The maximum Gasteiger partial charge on any atom is 0.336 e. The van der Waals surface area contributed by atoms with Crippen molar-refractivity contribution in [3.63, 3.8) is 0 Å². The van der Waals surface area contributed by atoms with E-state index < -0.39 is 16.8 Å². The molecule has 1 unspecified atom stereocenters. The molecule has 2 amide bonds. The zero-order valence-corrected chi connectivity index (χ0v) is 25.4. The molecule has 1 fully saturated rings. The fourth-order valence-electron chi connectivity index (χ4n) is 5.73. The number of carbonyl (C=O) groups is 3. The molecule has 0 spiro atoms. The van der Waals surface area contributed by atoms with Crippen molar-refractivity contribution in [2.24, 2.45) is 0 Å². The van der Waals surface area contributed by atoms with Gasteiger partial charge in [-0.3, -0.25) is 19.7 Å². The third-order valence-electron chi connectivity index (χ3n) is 8.20. The van der Waals surface area contributed by atoms with Crippen molar-refractivity contribution >= 4 is 29.2 Å². The zero-order valence-electron chi connectivity index (χ0n) is 25.4. The molecule has 2 aliphatic heterocycles. The number of carbonyl (C=O) groups excluding carboxylic acids is 3. The highest BCUT2D eigenvalue weighted by Gasteiger charge is 2.38. The molecular weight excluding hydrogens is 576 g/mol. The SMILES string of the molecule is CCOC(=O)C1=C(C)N(CC(=O)N2CCN(c3ccc([N+](=O)[O-])cc3)CC2)C(=O)CC1c1ccc(OCc2ccccc2)cc1. The van der Waals surface area contributed by atoms with E-state index in [1.165, 1.54) is 17.0 Å². The summed E-state index contributed by atoms with van der Waals surface area (Å²) in [5, 5.41) is 11.0. The summed E-state index contributed by atoms with van der Waals surface area (Å²) in [4.78, 5) is 55.7. The normalized spacial score (nSPS) is 16.9. The molecule has 0 aromatic heterocycles. The molecule has 1 saturated heterocycles. The number of hydrogen-bond donors (Lipinski definition) is 0. The van der Waals surface area contributed by atoms with E-state index in [4.69, 9.17) is 9.47 Å². The number of rotatable bonds is 10. The van der Waals surface area contributed by atoms with Crippen LogP contribution in [0.25, 0.3) is 0 Å². The quantitative estimate of drug-likeness (QED) is 0.184. The summed E-state index contributed by atoms with van der Waals surface area (Å²) in [5.41, 5.74) is 3.48. The fourth-order valence-corrected chi connectivity index (χ4v) is 5.73. The van der Waals surface area contributed by atoms with E-state index in [0.29, 0.717) is 49.8 Å². The number of ether oxygens (including phenoxy) is 2. The first-order valence-electron chi connectivity index (χ1n) is 15.0. The minimum Gasteiger partial charge on any atom is -0.489 e.